The lowest BCUT2D eigenvalue weighted by atomic mass is 10.6. The van der Waals surface area contributed by atoms with Crippen LogP contribution in [0.2, 0.25) is 0 Å². The van der Waals surface area contributed by atoms with E-state index >= 15 is 0 Å². The van der Waals surface area contributed by atoms with Gasteiger partial charge in [0.25, 0.3) is 0 Å². The van der Waals surface area contributed by atoms with E-state index in [1.807, 2.05) is 5.32 Å². The van der Waals surface area contributed by atoms with Gasteiger partial charge < -0.3 is 21.6 Å². The molecule has 0 spiro atoms. The third kappa shape index (κ3) is 7.00. The van der Waals surface area contributed by atoms with Crippen LogP contribution in [0.4, 0.5) is 18.0 Å². The monoisotopic (exact) mass is 214 g/mol. The summed E-state index contributed by atoms with van der Waals surface area (Å²) in [5.41, 5.74) is 4.94. The first-order valence-corrected chi connectivity index (χ1v) is 3.40. The fourth-order valence-electron chi connectivity index (χ4n) is 0.449. The number of halogens is 3. The zero-order valence-electron chi connectivity index (χ0n) is 6.93. The van der Waals surface area contributed by atoms with Crippen LogP contribution in [0.5, 0.6) is 0 Å². The second kappa shape index (κ2) is 5.14. The molecule has 14 heavy (non-hydrogen) atoms. The van der Waals surface area contributed by atoms with Crippen molar-refractivity contribution in [1.82, 2.24) is 10.6 Å². The molecular weight excluding hydrogens is 205 g/mol. The predicted octanol–water partition coefficient (Wildman–Crippen LogP) is -0.406. The maximum absolute atomic E-state index is 11.6. The van der Waals surface area contributed by atoms with E-state index < -0.39 is 18.8 Å². The number of hydrogen-bond acceptors (Lipinski definition) is 3. The Morgan fingerprint density at radius 1 is 1.43 bits per heavy atom. The maximum atomic E-state index is 11.6. The molecule has 6 nitrogen and oxygen atoms in total. The SMILES string of the molecule is NC(CNC(=O)NCC(F)(F)F)=NO. The summed E-state index contributed by atoms with van der Waals surface area (Å²) in [7, 11) is 0. The molecule has 0 fully saturated rings. The normalized spacial score (nSPS) is 12.4. The number of rotatable bonds is 3. The number of nitrogens with one attached hydrogen (secondary N) is 2. The molecule has 0 aliphatic carbocycles. The molecule has 0 aliphatic heterocycles. The molecule has 0 bridgehead atoms. The number of nitrogens with zero attached hydrogens (tertiary/aromatic N) is 1. The van der Waals surface area contributed by atoms with Gasteiger partial charge in [-0.15, -0.1) is 0 Å². The van der Waals surface area contributed by atoms with E-state index in [9.17, 15) is 18.0 Å². The summed E-state index contributed by atoms with van der Waals surface area (Å²) in [5.74, 6) is -0.313. The van der Waals surface area contributed by atoms with E-state index in [1.54, 1.807) is 0 Å². The molecule has 2 amide bonds. The number of amidine groups is 1. The van der Waals surface area contributed by atoms with Crippen molar-refractivity contribution >= 4 is 11.9 Å². The van der Waals surface area contributed by atoms with Crippen LogP contribution in [0.25, 0.3) is 0 Å². The van der Waals surface area contributed by atoms with E-state index in [-0.39, 0.29) is 12.4 Å². The minimum absolute atomic E-state index is 0.313. The quantitative estimate of drug-likeness (QED) is 0.222. The first kappa shape index (κ1) is 12.3. The fourth-order valence-corrected chi connectivity index (χ4v) is 0.449. The van der Waals surface area contributed by atoms with Crippen LogP contribution < -0.4 is 16.4 Å². The molecule has 0 aromatic heterocycles. The van der Waals surface area contributed by atoms with Crippen LogP contribution in [0.15, 0.2) is 5.16 Å². The fraction of sp³-hybridized carbons (Fsp3) is 0.600. The Hall–Kier alpha value is -1.67. The second-order valence-corrected chi connectivity index (χ2v) is 2.24. The highest BCUT2D eigenvalue weighted by Gasteiger charge is 2.27. The molecule has 0 radical (unpaired) electrons. The van der Waals surface area contributed by atoms with Crippen molar-refractivity contribution in [1.29, 1.82) is 0 Å². The Kier molecular flexibility index (Phi) is 4.53. The molecule has 0 saturated carbocycles. The Balaban J connectivity index is 3.67. The number of amides is 2. The predicted molar refractivity (Wildman–Crippen MR) is 40.9 cm³/mol. The molecule has 0 saturated heterocycles. The molecule has 0 aromatic rings. The molecular formula is C5H9F3N4O2. The highest BCUT2D eigenvalue weighted by atomic mass is 19.4. The van der Waals surface area contributed by atoms with Gasteiger partial charge in [0.1, 0.15) is 6.54 Å². The van der Waals surface area contributed by atoms with Crippen molar-refractivity contribution in [3.63, 3.8) is 0 Å². The number of hydrogen-bond donors (Lipinski definition) is 4. The van der Waals surface area contributed by atoms with E-state index in [4.69, 9.17) is 10.9 Å². The van der Waals surface area contributed by atoms with E-state index in [1.165, 1.54) is 5.32 Å². The minimum Gasteiger partial charge on any atom is -0.409 e. The number of nitrogens with two attached hydrogens (primary N) is 1. The number of carbonyl (C=O) groups is 1. The van der Waals surface area contributed by atoms with Crippen LogP contribution in [-0.2, 0) is 0 Å². The van der Waals surface area contributed by atoms with Gasteiger partial charge >= 0.3 is 12.2 Å². The Morgan fingerprint density at radius 3 is 2.43 bits per heavy atom. The lowest BCUT2D eigenvalue weighted by Crippen LogP contribution is -2.43. The highest BCUT2D eigenvalue weighted by Crippen LogP contribution is 2.11. The highest BCUT2D eigenvalue weighted by molar-refractivity contribution is 5.86. The van der Waals surface area contributed by atoms with Gasteiger partial charge in [0.2, 0.25) is 0 Å². The van der Waals surface area contributed by atoms with Crippen molar-refractivity contribution in [3.8, 4) is 0 Å². The molecule has 0 aromatic carbocycles. The first-order valence-electron chi connectivity index (χ1n) is 3.40. The largest absolute Gasteiger partial charge is 0.409 e. The summed E-state index contributed by atoms with van der Waals surface area (Å²) in [4.78, 5) is 10.6. The van der Waals surface area contributed by atoms with E-state index in [0.717, 1.165) is 0 Å². The standard InChI is InChI=1S/C5H9F3N4O2/c6-5(7,8)2-11-4(13)10-1-3(9)12-14/h14H,1-2H2,(H2,9,12)(H2,10,11,13). The third-order valence-corrected chi connectivity index (χ3v) is 1.01. The van der Waals surface area contributed by atoms with Crippen LogP contribution in [0, 0.1) is 0 Å². The van der Waals surface area contributed by atoms with Gasteiger partial charge in [-0.05, 0) is 0 Å². The molecule has 0 unspecified atom stereocenters. The summed E-state index contributed by atoms with van der Waals surface area (Å²) in [5, 5.41) is 14.0. The van der Waals surface area contributed by atoms with Crippen molar-refractivity contribution < 1.29 is 23.2 Å². The zero-order chi connectivity index (χ0) is 11.2. The van der Waals surface area contributed by atoms with E-state index in [0.29, 0.717) is 0 Å². The summed E-state index contributed by atoms with van der Waals surface area (Å²) in [6.45, 7) is -1.77. The topological polar surface area (TPSA) is 99.7 Å². The third-order valence-electron chi connectivity index (χ3n) is 1.01. The molecule has 0 atom stereocenters. The number of urea groups is 1. The van der Waals surface area contributed by atoms with Crippen molar-refractivity contribution in [3.05, 3.63) is 0 Å². The van der Waals surface area contributed by atoms with E-state index in [2.05, 4.69) is 5.16 Å². The molecule has 0 rings (SSSR count). The van der Waals surface area contributed by atoms with Crippen LogP contribution in [-0.4, -0.2) is 36.3 Å². The van der Waals surface area contributed by atoms with Gasteiger partial charge in [-0.25, -0.2) is 4.79 Å². The van der Waals surface area contributed by atoms with Crippen LogP contribution >= 0.6 is 0 Å². The number of alkyl halides is 3. The Labute approximate surface area is 76.9 Å². The average Bonchev–Trinajstić information content (AvgIpc) is 2.09. The first-order chi connectivity index (χ1) is 6.35. The molecule has 5 N–H and O–H groups in total. The van der Waals surface area contributed by atoms with Gasteiger partial charge in [0.05, 0.1) is 6.54 Å². The van der Waals surface area contributed by atoms with Gasteiger partial charge in [-0.1, -0.05) is 5.16 Å². The molecule has 0 aliphatic rings. The lowest BCUT2D eigenvalue weighted by Gasteiger charge is -2.08. The van der Waals surface area contributed by atoms with Gasteiger partial charge in [0, 0.05) is 0 Å². The Bertz CT molecular complexity index is 228. The number of oxime groups is 1. The molecule has 0 heterocycles. The smallest absolute Gasteiger partial charge is 0.405 e. The lowest BCUT2D eigenvalue weighted by molar-refractivity contribution is -0.122. The summed E-state index contributed by atoms with van der Waals surface area (Å²) < 4.78 is 34.7. The second-order valence-electron chi connectivity index (χ2n) is 2.24. The van der Waals surface area contributed by atoms with Crippen LogP contribution in [0.1, 0.15) is 0 Å². The van der Waals surface area contributed by atoms with Gasteiger partial charge in [-0.3, -0.25) is 0 Å². The zero-order valence-corrected chi connectivity index (χ0v) is 6.93. The van der Waals surface area contributed by atoms with Crippen molar-refractivity contribution in [2.45, 2.75) is 6.18 Å². The average molecular weight is 214 g/mol. The summed E-state index contributed by atoms with van der Waals surface area (Å²) in [6, 6.07) is -1.05. The molecule has 9 heteroatoms. The summed E-state index contributed by atoms with van der Waals surface area (Å²) in [6.07, 6.45) is -4.46. The van der Waals surface area contributed by atoms with Gasteiger partial charge in [-0.2, -0.15) is 13.2 Å². The summed E-state index contributed by atoms with van der Waals surface area (Å²) >= 11 is 0. The van der Waals surface area contributed by atoms with Gasteiger partial charge in [0.15, 0.2) is 5.84 Å². The minimum atomic E-state index is -4.46. The Morgan fingerprint density at radius 2 is 2.00 bits per heavy atom. The van der Waals surface area contributed by atoms with Crippen molar-refractivity contribution in [2.75, 3.05) is 13.1 Å². The van der Waals surface area contributed by atoms with Crippen LogP contribution in [0.3, 0.4) is 0 Å². The maximum Gasteiger partial charge on any atom is 0.405 e. The molecule has 82 valence electrons. The van der Waals surface area contributed by atoms with Crippen molar-refractivity contribution in [2.24, 2.45) is 10.9 Å². The number of carbonyl (C=O) groups excluding carboxylic acids is 1.